The standard InChI is InChI=1S/2C9H11.C2H4.2CH3.Ti/c2*1-2-5-9-7-3-6-8(9)4-1;1-2;;;/h2*1-2,4,6,9H,3,5,7H2;1-2H2;2*1H3;. The van der Waals surface area contributed by atoms with Crippen molar-refractivity contribution in [1.82, 2.24) is 0 Å². The Morgan fingerprint density at radius 1 is 0.783 bits per heavy atom. The normalized spacial score (nSPS) is 34.9. The summed E-state index contributed by atoms with van der Waals surface area (Å²) in [6, 6.07) is 0. The Kier molecular flexibility index (Phi) is 5.33. The second-order valence-electron chi connectivity index (χ2n) is 8.14. The van der Waals surface area contributed by atoms with Gasteiger partial charge in [-0.05, 0) is 0 Å². The van der Waals surface area contributed by atoms with Gasteiger partial charge in [-0.25, -0.2) is 0 Å². The first-order valence-electron chi connectivity index (χ1n) is 9.41. The summed E-state index contributed by atoms with van der Waals surface area (Å²) in [6.45, 7) is 6.00. The van der Waals surface area contributed by atoms with Gasteiger partial charge in [0.15, 0.2) is 0 Å². The van der Waals surface area contributed by atoms with Crippen LogP contribution in [0.15, 0.2) is 60.8 Å². The van der Waals surface area contributed by atoms with Crippen molar-refractivity contribution in [2.24, 2.45) is 11.8 Å². The molecule has 4 rings (SSSR count). The fourth-order valence-corrected chi connectivity index (χ4v) is 13.0. The summed E-state index contributed by atoms with van der Waals surface area (Å²) < 4.78 is 1.99. The van der Waals surface area contributed by atoms with E-state index in [0.29, 0.717) is 0 Å². The molecule has 0 radical (unpaired) electrons. The van der Waals surface area contributed by atoms with E-state index in [1.807, 2.05) is 11.1 Å². The van der Waals surface area contributed by atoms with Gasteiger partial charge in [0, 0.05) is 0 Å². The Hall–Kier alpha value is -0.586. The summed E-state index contributed by atoms with van der Waals surface area (Å²) >= 11 is -1.85. The molecular weight excluding hydrogens is 312 g/mol. The van der Waals surface area contributed by atoms with Crippen LogP contribution in [0, 0.1) is 11.8 Å². The van der Waals surface area contributed by atoms with E-state index in [-0.39, 0.29) is 0 Å². The van der Waals surface area contributed by atoms with E-state index in [9.17, 15) is 0 Å². The Morgan fingerprint density at radius 2 is 1.22 bits per heavy atom. The van der Waals surface area contributed by atoms with E-state index in [1.54, 1.807) is 0 Å². The van der Waals surface area contributed by atoms with Gasteiger partial charge in [0.25, 0.3) is 0 Å². The molecule has 0 N–H and O–H groups in total. The molecule has 0 heterocycles. The molecule has 0 bridgehead atoms. The second-order valence-corrected chi connectivity index (χ2v) is 16.0. The molecular formula is C22H32Ti. The third-order valence-electron chi connectivity index (χ3n) is 6.84. The maximum atomic E-state index is 3.00. The van der Waals surface area contributed by atoms with Crippen LogP contribution in [0.5, 0.6) is 0 Å². The molecule has 0 aromatic rings. The molecule has 0 aromatic heterocycles. The molecule has 0 saturated heterocycles. The van der Waals surface area contributed by atoms with Crippen LogP contribution in [0.3, 0.4) is 0 Å². The molecule has 0 nitrogen and oxygen atoms in total. The van der Waals surface area contributed by atoms with Gasteiger partial charge in [0.2, 0.25) is 0 Å². The molecule has 0 aliphatic heterocycles. The third-order valence-corrected chi connectivity index (χ3v) is 14.4. The zero-order valence-corrected chi connectivity index (χ0v) is 16.5. The molecule has 23 heavy (non-hydrogen) atoms. The number of hydrogen-bond acceptors (Lipinski definition) is 0. The molecule has 1 heteroatoms. The van der Waals surface area contributed by atoms with Crippen molar-refractivity contribution < 1.29 is 16.6 Å². The van der Waals surface area contributed by atoms with Crippen molar-refractivity contribution in [3.8, 4) is 0 Å². The van der Waals surface area contributed by atoms with Gasteiger partial charge in [0.1, 0.15) is 0 Å². The monoisotopic (exact) mass is 344 g/mol. The van der Waals surface area contributed by atoms with Crippen LogP contribution in [0.2, 0.25) is 18.9 Å². The van der Waals surface area contributed by atoms with E-state index in [2.05, 4.69) is 60.1 Å². The van der Waals surface area contributed by atoms with Crippen molar-refractivity contribution in [2.45, 2.75) is 57.4 Å². The zero-order chi connectivity index (χ0) is 16.4. The molecule has 4 unspecified atom stereocenters. The maximum absolute atomic E-state index is 3.00. The van der Waals surface area contributed by atoms with Crippen LogP contribution in [-0.2, 0) is 16.6 Å². The second kappa shape index (κ2) is 7.12. The number of rotatable bonds is 2. The number of fused-ring (bicyclic) bond motifs is 2. The molecule has 2 fully saturated rings. The topological polar surface area (TPSA) is 0 Å². The minimum absolute atomic E-state index is 0.905. The van der Waals surface area contributed by atoms with Crippen LogP contribution >= 0.6 is 0 Å². The van der Waals surface area contributed by atoms with Crippen LogP contribution < -0.4 is 0 Å². The van der Waals surface area contributed by atoms with E-state index in [4.69, 9.17) is 0 Å². The van der Waals surface area contributed by atoms with Gasteiger partial charge >= 0.3 is 133 Å². The first kappa shape index (κ1) is 17.2. The molecule has 4 aliphatic carbocycles. The van der Waals surface area contributed by atoms with Gasteiger partial charge in [-0.2, -0.15) is 0 Å². The Balaban J connectivity index is 0.000000753. The average molecular weight is 344 g/mol. The molecule has 124 valence electrons. The molecule has 0 amide bonds. The van der Waals surface area contributed by atoms with Crippen LogP contribution in [0.1, 0.15) is 38.5 Å². The minimum atomic E-state index is -1.85. The van der Waals surface area contributed by atoms with E-state index >= 15 is 0 Å². The third kappa shape index (κ3) is 3.05. The van der Waals surface area contributed by atoms with Crippen LogP contribution in [0.4, 0.5) is 0 Å². The fourth-order valence-electron chi connectivity index (χ4n) is 5.67. The van der Waals surface area contributed by atoms with Gasteiger partial charge < -0.3 is 0 Å². The Morgan fingerprint density at radius 3 is 1.65 bits per heavy atom. The summed E-state index contributed by atoms with van der Waals surface area (Å²) in [5.74, 6) is 1.81. The first-order chi connectivity index (χ1) is 11.2. The fraction of sp³-hybridized carbons (Fsp3) is 0.545. The average Bonchev–Trinajstić information content (AvgIpc) is 3.21. The van der Waals surface area contributed by atoms with Gasteiger partial charge in [-0.15, -0.1) is 13.2 Å². The molecule has 4 atom stereocenters. The Labute approximate surface area is 146 Å². The van der Waals surface area contributed by atoms with E-state index in [0.717, 1.165) is 20.3 Å². The SMILES string of the molecule is C=C.[CH3][Ti]([CH3])([CH]1CCC2CC=CC=C21)[CH]1CCC2CC=CC=C21. The van der Waals surface area contributed by atoms with E-state index in [1.165, 1.54) is 38.5 Å². The van der Waals surface area contributed by atoms with Crippen LogP contribution in [-0.4, -0.2) is 0 Å². The zero-order valence-electron chi connectivity index (χ0n) is 14.9. The summed E-state index contributed by atoms with van der Waals surface area (Å²) in [4.78, 5) is 0. The Bertz CT molecular complexity index is 513. The predicted molar refractivity (Wildman–Crippen MR) is 99.6 cm³/mol. The summed E-state index contributed by atoms with van der Waals surface area (Å²) in [5.41, 5.74) is 3.72. The predicted octanol–water partition coefficient (Wildman–Crippen LogP) is 7.21. The van der Waals surface area contributed by atoms with Gasteiger partial charge in [-0.3, -0.25) is 0 Å². The van der Waals surface area contributed by atoms with Crippen molar-refractivity contribution in [3.05, 3.63) is 60.8 Å². The van der Waals surface area contributed by atoms with Gasteiger partial charge in [0.05, 0.1) is 0 Å². The summed E-state index contributed by atoms with van der Waals surface area (Å²) in [6.07, 6.45) is 23.0. The molecule has 0 spiro atoms. The van der Waals surface area contributed by atoms with Crippen molar-refractivity contribution in [3.63, 3.8) is 0 Å². The number of hydrogen-bond donors (Lipinski definition) is 0. The van der Waals surface area contributed by atoms with Crippen molar-refractivity contribution in [1.29, 1.82) is 0 Å². The number of allylic oxidation sites excluding steroid dienone is 8. The molecule has 2 saturated carbocycles. The van der Waals surface area contributed by atoms with Crippen molar-refractivity contribution in [2.75, 3.05) is 0 Å². The van der Waals surface area contributed by atoms with Gasteiger partial charge in [-0.1, -0.05) is 0 Å². The van der Waals surface area contributed by atoms with Crippen molar-refractivity contribution >= 4 is 0 Å². The first-order valence-corrected chi connectivity index (χ1v) is 14.3. The quantitative estimate of drug-likeness (QED) is 0.367. The van der Waals surface area contributed by atoms with E-state index < -0.39 is 16.6 Å². The summed E-state index contributed by atoms with van der Waals surface area (Å²) in [7, 11) is 0. The summed E-state index contributed by atoms with van der Waals surface area (Å²) in [5, 5.41) is 5.50. The molecule has 4 aliphatic rings. The molecule has 0 aromatic carbocycles. The van der Waals surface area contributed by atoms with Crippen LogP contribution in [0.25, 0.3) is 0 Å².